The second-order valence-corrected chi connectivity index (χ2v) is 12.1. The fourth-order valence-electron chi connectivity index (χ4n) is 5.97. The number of nitro benzene ring substituents is 1. The summed E-state index contributed by atoms with van der Waals surface area (Å²) in [5.41, 5.74) is 3.96. The van der Waals surface area contributed by atoms with Gasteiger partial charge in [-0.2, -0.15) is 0 Å². The van der Waals surface area contributed by atoms with Crippen LogP contribution in [0.25, 0.3) is 0 Å². The van der Waals surface area contributed by atoms with Gasteiger partial charge in [0, 0.05) is 39.1 Å². The molecule has 1 saturated carbocycles. The summed E-state index contributed by atoms with van der Waals surface area (Å²) in [7, 11) is 0. The van der Waals surface area contributed by atoms with E-state index in [9.17, 15) is 14.9 Å². The number of hydrogen-bond donors (Lipinski definition) is 1. The molecular formula is C31H24Cl2N2O3S. The number of rotatable bonds is 6. The van der Waals surface area contributed by atoms with Crippen LogP contribution in [0.4, 0.5) is 11.4 Å². The van der Waals surface area contributed by atoms with Crippen molar-refractivity contribution in [2.24, 2.45) is 5.92 Å². The first-order valence-electron chi connectivity index (χ1n) is 12.7. The molecule has 0 amide bonds. The Morgan fingerprint density at radius 2 is 1.62 bits per heavy atom. The number of carbonyl (C=O) groups excluding carboxylic acids is 1. The Balaban J connectivity index is 1.45. The highest BCUT2D eigenvalue weighted by Gasteiger charge is 2.51. The van der Waals surface area contributed by atoms with E-state index in [1.807, 2.05) is 48.5 Å². The van der Waals surface area contributed by atoms with Gasteiger partial charge in [-0.25, -0.2) is 0 Å². The fraction of sp³-hybridized carbons (Fsp3) is 0.194. The Bertz CT molecular complexity index is 1550. The van der Waals surface area contributed by atoms with Crippen molar-refractivity contribution in [2.45, 2.75) is 33.9 Å². The number of nitrogens with zero attached hydrogens (tertiary/aromatic N) is 1. The molecule has 5 unspecified atom stereocenters. The maximum atomic E-state index is 13.7. The molecule has 0 spiro atoms. The molecule has 4 aromatic carbocycles. The Morgan fingerprint density at radius 3 is 2.33 bits per heavy atom. The van der Waals surface area contributed by atoms with Crippen molar-refractivity contribution in [3.05, 3.63) is 134 Å². The normalized spacial score (nSPS) is 23.4. The third-order valence-electron chi connectivity index (χ3n) is 7.66. The van der Waals surface area contributed by atoms with Crippen molar-refractivity contribution < 1.29 is 9.72 Å². The second kappa shape index (κ2) is 10.7. The second-order valence-electron chi connectivity index (χ2n) is 9.90. The molecule has 196 valence electrons. The number of para-hydroxylation sites is 1. The number of fused-ring (bicyclic) bond motifs is 3. The van der Waals surface area contributed by atoms with E-state index in [-0.39, 0.29) is 44.9 Å². The maximum Gasteiger partial charge on any atom is 0.282 e. The highest BCUT2D eigenvalue weighted by atomic mass is 35.5. The largest absolute Gasteiger partial charge is 0.377 e. The van der Waals surface area contributed by atoms with Gasteiger partial charge in [0.25, 0.3) is 5.69 Å². The Hall–Kier alpha value is -3.32. The molecule has 6 rings (SSSR count). The van der Waals surface area contributed by atoms with Crippen molar-refractivity contribution >= 4 is 52.1 Å². The fourth-order valence-corrected chi connectivity index (χ4v) is 8.14. The van der Waals surface area contributed by atoms with Crippen molar-refractivity contribution in [1.29, 1.82) is 0 Å². The van der Waals surface area contributed by atoms with E-state index in [0.29, 0.717) is 21.0 Å². The summed E-state index contributed by atoms with van der Waals surface area (Å²) in [5.74, 6) is -0.114. The average molecular weight is 576 g/mol. The number of ketones is 1. The predicted octanol–water partition coefficient (Wildman–Crippen LogP) is 8.52. The molecule has 0 saturated heterocycles. The third-order valence-corrected chi connectivity index (χ3v) is 10.00. The molecule has 1 fully saturated rings. The van der Waals surface area contributed by atoms with Crippen LogP contribution in [-0.4, -0.2) is 21.3 Å². The molecule has 5 nitrogen and oxygen atoms in total. The molecule has 1 N–H and O–H groups in total. The van der Waals surface area contributed by atoms with E-state index < -0.39 is 0 Å². The predicted molar refractivity (Wildman–Crippen MR) is 157 cm³/mol. The van der Waals surface area contributed by atoms with Crippen molar-refractivity contribution in [1.82, 2.24) is 0 Å². The first-order chi connectivity index (χ1) is 18.9. The van der Waals surface area contributed by atoms with Crippen LogP contribution in [-0.2, 0) is 0 Å². The van der Waals surface area contributed by atoms with E-state index in [0.717, 1.165) is 23.2 Å². The van der Waals surface area contributed by atoms with Crippen molar-refractivity contribution in [2.75, 3.05) is 5.32 Å². The number of alkyl halides is 1. The minimum Gasteiger partial charge on any atom is -0.377 e. The van der Waals surface area contributed by atoms with E-state index >= 15 is 0 Å². The molecule has 1 aliphatic heterocycles. The number of benzene rings is 4. The van der Waals surface area contributed by atoms with Crippen LogP contribution in [0, 0.1) is 16.0 Å². The highest BCUT2D eigenvalue weighted by Crippen LogP contribution is 2.59. The van der Waals surface area contributed by atoms with Gasteiger partial charge in [-0.15, -0.1) is 23.4 Å². The summed E-state index contributed by atoms with van der Waals surface area (Å²) < 4.78 is 0. The first kappa shape index (κ1) is 25.9. The van der Waals surface area contributed by atoms with Crippen LogP contribution in [0.2, 0.25) is 5.02 Å². The van der Waals surface area contributed by atoms with E-state index in [2.05, 4.69) is 17.4 Å². The van der Waals surface area contributed by atoms with Gasteiger partial charge in [0.1, 0.15) is 0 Å². The Labute approximate surface area is 240 Å². The van der Waals surface area contributed by atoms with Gasteiger partial charge in [-0.1, -0.05) is 84.4 Å². The lowest BCUT2D eigenvalue weighted by atomic mass is 9.76. The zero-order valence-electron chi connectivity index (χ0n) is 20.7. The third kappa shape index (κ3) is 4.82. The summed E-state index contributed by atoms with van der Waals surface area (Å²) in [6.07, 6.45) is 0.746. The summed E-state index contributed by atoms with van der Waals surface area (Å²) in [6.45, 7) is 0. The average Bonchev–Trinajstić information content (AvgIpc) is 3.28. The maximum absolute atomic E-state index is 13.7. The number of nitro groups is 1. The Kier molecular flexibility index (Phi) is 7.10. The molecule has 1 heterocycles. The molecule has 2 aliphatic rings. The Morgan fingerprint density at radius 1 is 0.949 bits per heavy atom. The van der Waals surface area contributed by atoms with Gasteiger partial charge in [0.2, 0.25) is 0 Å². The number of hydrogen-bond acceptors (Lipinski definition) is 5. The number of carbonyl (C=O) groups is 1. The monoisotopic (exact) mass is 574 g/mol. The van der Waals surface area contributed by atoms with Gasteiger partial charge in [-0.05, 0) is 41.7 Å². The number of thioether (sulfide) groups is 1. The van der Waals surface area contributed by atoms with Crippen LogP contribution >= 0.6 is 35.0 Å². The number of nitrogens with one attached hydrogen (secondary N) is 1. The van der Waals surface area contributed by atoms with Crippen LogP contribution in [0.3, 0.4) is 0 Å². The van der Waals surface area contributed by atoms with Crippen molar-refractivity contribution in [3.63, 3.8) is 0 Å². The minimum absolute atomic E-state index is 0.0750. The standard InChI is InChI=1S/C31H24Cl2N2O3S/c32-20-15-21-27-22(17-26(28(27)33)39-25-14-8-7-13-24(25)35(37)38)29(18-9-3-1-4-10-18)34-30(21)23(16-20)31(36)19-11-5-2-6-12-19/h1-16,22,26-29,34H,17H2. The molecule has 39 heavy (non-hydrogen) atoms. The molecule has 1 aliphatic carbocycles. The SMILES string of the molecule is O=C(c1ccccc1)c1cc(Cl)cc2c1NC(c1ccccc1)C1CC(Sc3ccccc3[N+](=O)[O-])C(Cl)C21. The molecular weight excluding hydrogens is 551 g/mol. The minimum atomic E-state index is -0.349. The van der Waals surface area contributed by atoms with E-state index in [1.165, 1.54) is 17.8 Å². The summed E-state index contributed by atoms with van der Waals surface area (Å²) >= 11 is 15.4. The van der Waals surface area contributed by atoms with Crippen LogP contribution < -0.4 is 5.32 Å². The molecule has 0 bridgehead atoms. The zero-order chi connectivity index (χ0) is 27.1. The molecule has 0 radical (unpaired) electrons. The summed E-state index contributed by atoms with van der Waals surface area (Å²) in [4.78, 5) is 25.6. The number of anilines is 1. The molecule has 8 heteroatoms. The number of halogens is 2. The zero-order valence-corrected chi connectivity index (χ0v) is 23.0. The van der Waals surface area contributed by atoms with Crippen LogP contribution in [0.15, 0.2) is 102 Å². The summed E-state index contributed by atoms with van der Waals surface area (Å²) in [5, 5.41) is 15.5. The van der Waals surface area contributed by atoms with Gasteiger partial charge in [0.15, 0.2) is 5.78 Å². The van der Waals surface area contributed by atoms with Gasteiger partial charge in [-0.3, -0.25) is 14.9 Å². The van der Waals surface area contributed by atoms with E-state index in [1.54, 1.807) is 30.3 Å². The quantitative estimate of drug-likeness (QED) is 0.108. The lowest BCUT2D eigenvalue weighted by Crippen LogP contribution is -2.32. The lowest BCUT2D eigenvalue weighted by molar-refractivity contribution is -0.387. The van der Waals surface area contributed by atoms with E-state index in [4.69, 9.17) is 23.2 Å². The van der Waals surface area contributed by atoms with Gasteiger partial charge in [0.05, 0.1) is 21.2 Å². The van der Waals surface area contributed by atoms with Gasteiger partial charge < -0.3 is 5.32 Å². The topological polar surface area (TPSA) is 72.2 Å². The van der Waals surface area contributed by atoms with Crippen LogP contribution in [0.1, 0.15) is 45.4 Å². The summed E-state index contributed by atoms with van der Waals surface area (Å²) in [6, 6.07) is 29.7. The lowest BCUT2D eigenvalue weighted by Gasteiger charge is -2.39. The van der Waals surface area contributed by atoms with Gasteiger partial charge >= 0.3 is 0 Å². The van der Waals surface area contributed by atoms with Crippen LogP contribution in [0.5, 0.6) is 0 Å². The molecule has 0 aromatic heterocycles. The highest BCUT2D eigenvalue weighted by molar-refractivity contribution is 8.00. The molecule has 4 aromatic rings. The molecule has 5 atom stereocenters. The van der Waals surface area contributed by atoms with Crippen molar-refractivity contribution in [3.8, 4) is 0 Å². The smallest absolute Gasteiger partial charge is 0.282 e. The first-order valence-corrected chi connectivity index (χ1v) is 14.4.